The maximum Gasteiger partial charge on any atom is 0.328 e. The van der Waals surface area contributed by atoms with Crippen molar-refractivity contribution in [2.45, 2.75) is 19.0 Å². The Kier molecular flexibility index (Phi) is 2.98. The quantitative estimate of drug-likeness (QED) is 0.412. The molecule has 0 aromatic rings. The highest BCUT2D eigenvalue weighted by molar-refractivity contribution is 6.04. The van der Waals surface area contributed by atoms with E-state index in [-0.39, 0.29) is 0 Å². The topological polar surface area (TPSA) is 106 Å². The molecule has 1 unspecified atom stereocenters. The Morgan fingerprint density at radius 2 is 1.80 bits per heavy atom. The number of hydrogen-bond donors (Lipinski definition) is 3. The fraction of sp³-hybridized carbons (Fsp3) is 0.600. The van der Waals surface area contributed by atoms with Crippen LogP contribution in [0.15, 0.2) is 0 Å². The maximum absolute atomic E-state index is 10.7. The number of carboxylic acids is 1. The molecule has 2 atom stereocenters. The Morgan fingerprint density at radius 1 is 1.40 bits per heavy atom. The summed E-state index contributed by atoms with van der Waals surface area (Å²) in [5, 5.41) is 8.20. The van der Waals surface area contributed by atoms with Crippen LogP contribution in [0.2, 0.25) is 0 Å². The number of carbonyl (C=O) groups excluding carboxylic acids is 1. The second-order valence-electron chi connectivity index (χ2n) is 2.01. The molecule has 0 spiro atoms. The highest BCUT2D eigenvalue weighted by Gasteiger charge is 2.23. The second kappa shape index (κ2) is 3.28. The van der Waals surface area contributed by atoms with Gasteiger partial charge in [-0.2, -0.15) is 0 Å². The molecule has 0 aliphatic carbocycles. The Balaban J connectivity index is 4.08. The van der Waals surface area contributed by atoms with Gasteiger partial charge in [-0.1, -0.05) is 0 Å². The number of rotatable bonds is 3. The van der Waals surface area contributed by atoms with Crippen LogP contribution in [-0.4, -0.2) is 28.9 Å². The van der Waals surface area contributed by atoms with Gasteiger partial charge in [0.15, 0.2) is 11.8 Å². The Morgan fingerprint density at radius 3 is 1.90 bits per heavy atom. The Labute approximate surface area is 58.0 Å². The van der Waals surface area contributed by atoms with Gasteiger partial charge in [0.25, 0.3) is 0 Å². The number of Topliss-reactive ketones (excluding diaryl/α,β-unsaturated/α-hetero) is 1. The standard InChI is InChI=1S/C5H10N2O3/c1-2(6)4(8)3(7)5(9)10/h2-3H,6-7H2,1H3,(H,9,10)/t2-,3?/m0/s1. The zero-order valence-corrected chi connectivity index (χ0v) is 5.57. The third kappa shape index (κ3) is 2.12. The molecule has 5 N–H and O–H groups in total. The summed E-state index contributed by atoms with van der Waals surface area (Å²) < 4.78 is 0. The van der Waals surface area contributed by atoms with Gasteiger partial charge in [-0.3, -0.25) is 9.59 Å². The lowest BCUT2D eigenvalue weighted by molar-refractivity contribution is -0.142. The summed E-state index contributed by atoms with van der Waals surface area (Å²) in [4.78, 5) is 20.7. The summed E-state index contributed by atoms with van der Waals surface area (Å²) in [6, 6.07) is -2.30. The van der Waals surface area contributed by atoms with Crippen LogP contribution >= 0.6 is 0 Å². The van der Waals surface area contributed by atoms with E-state index in [9.17, 15) is 9.59 Å². The van der Waals surface area contributed by atoms with Crippen LogP contribution in [0.25, 0.3) is 0 Å². The summed E-state index contributed by atoms with van der Waals surface area (Å²) in [5.41, 5.74) is 10.0. The summed E-state index contributed by atoms with van der Waals surface area (Å²) in [5.74, 6) is -2.00. The minimum absolute atomic E-state index is 0.660. The molecule has 0 saturated heterocycles. The van der Waals surface area contributed by atoms with E-state index < -0.39 is 23.8 Å². The third-order valence-corrected chi connectivity index (χ3v) is 1.02. The summed E-state index contributed by atoms with van der Waals surface area (Å²) >= 11 is 0. The zero-order valence-electron chi connectivity index (χ0n) is 5.57. The first-order chi connectivity index (χ1) is 4.46. The Bertz CT molecular complexity index is 155. The van der Waals surface area contributed by atoms with Crippen molar-refractivity contribution < 1.29 is 14.7 Å². The van der Waals surface area contributed by atoms with Crippen molar-refractivity contribution in [3.8, 4) is 0 Å². The fourth-order valence-corrected chi connectivity index (χ4v) is 0.405. The summed E-state index contributed by atoms with van der Waals surface area (Å²) in [6.07, 6.45) is 0. The molecule has 0 fully saturated rings. The molecule has 0 radical (unpaired) electrons. The third-order valence-electron chi connectivity index (χ3n) is 1.02. The monoisotopic (exact) mass is 146 g/mol. The number of aliphatic carboxylic acids is 1. The molecule has 0 rings (SSSR count). The molecule has 0 aromatic carbocycles. The van der Waals surface area contributed by atoms with Gasteiger partial charge in [0.05, 0.1) is 6.04 Å². The lowest BCUT2D eigenvalue weighted by Gasteiger charge is -2.06. The molecular formula is C5H10N2O3. The number of ketones is 1. The van der Waals surface area contributed by atoms with Gasteiger partial charge in [-0.25, -0.2) is 0 Å². The largest absolute Gasteiger partial charge is 0.480 e. The van der Waals surface area contributed by atoms with Gasteiger partial charge >= 0.3 is 5.97 Å². The normalized spacial score (nSPS) is 15.9. The van der Waals surface area contributed by atoms with Gasteiger partial charge in [0, 0.05) is 0 Å². The second-order valence-corrected chi connectivity index (χ2v) is 2.01. The van der Waals surface area contributed by atoms with Crippen molar-refractivity contribution in [2.75, 3.05) is 0 Å². The van der Waals surface area contributed by atoms with Crippen molar-refractivity contribution in [2.24, 2.45) is 11.5 Å². The average molecular weight is 146 g/mol. The van der Waals surface area contributed by atoms with E-state index in [1.807, 2.05) is 0 Å². The minimum Gasteiger partial charge on any atom is -0.480 e. The SMILES string of the molecule is C[C@H](N)C(=O)C(N)C(=O)O. The molecule has 10 heavy (non-hydrogen) atoms. The predicted molar refractivity (Wildman–Crippen MR) is 34.3 cm³/mol. The zero-order chi connectivity index (χ0) is 8.31. The number of carbonyl (C=O) groups is 2. The van der Waals surface area contributed by atoms with Gasteiger partial charge in [-0.15, -0.1) is 0 Å². The van der Waals surface area contributed by atoms with Crippen molar-refractivity contribution in [1.29, 1.82) is 0 Å². The summed E-state index contributed by atoms with van der Waals surface area (Å²) in [7, 11) is 0. The molecule has 5 nitrogen and oxygen atoms in total. The number of hydrogen-bond acceptors (Lipinski definition) is 4. The van der Waals surface area contributed by atoms with Gasteiger partial charge in [0.2, 0.25) is 0 Å². The van der Waals surface area contributed by atoms with Crippen molar-refractivity contribution in [1.82, 2.24) is 0 Å². The van der Waals surface area contributed by atoms with Crippen LogP contribution in [0.3, 0.4) is 0 Å². The van der Waals surface area contributed by atoms with Crippen LogP contribution < -0.4 is 11.5 Å². The van der Waals surface area contributed by atoms with Crippen molar-refractivity contribution >= 4 is 11.8 Å². The molecule has 0 aromatic heterocycles. The highest BCUT2D eigenvalue weighted by atomic mass is 16.4. The van der Waals surface area contributed by atoms with Crippen LogP contribution in [0.5, 0.6) is 0 Å². The molecule has 0 aliphatic rings. The average Bonchev–Trinajstić information content (AvgIpc) is 1.84. The van der Waals surface area contributed by atoms with E-state index in [1.54, 1.807) is 0 Å². The van der Waals surface area contributed by atoms with Crippen LogP contribution in [0.4, 0.5) is 0 Å². The molecule has 5 heteroatoms. The van der Waals surface area contributed by atoms with E-state index in [0.717, 1.165) is 0 Å². The minimum atomic E-state index is -1.49. The molecule has 58 valence electrons. The first-order valence-corrected chi connectivity index (χ1v) is 2.74. The van der Waals surface area contributed by atoms with E-state index in [2.05, 4.69) is 0 Å². The van der Waals surface area contributed by atoms with E-state index in [1.165, 1.54) is 6.92 Å². The van der Waals surface area contributed by atoms with Crippen LogP contribution in [0, 0.1) is 0 Å². The molecule has 0 bridgehead atoms. The molecule has 0 heterocycles. The van der Waals surface area contributed by atoms with Crippen LogP contribution in [-0.2, 0) is 9.59 Å². The van der Waals surface area contributed by atoms with E-state index >= 15 is 0 Å². The Hall–Kier alpha value is -0.940. The highest BCUT2D eigenvalue weighted by Crippen LogP contribution is 1.86. The van der Waals surface area contributed by atoms with E-state index in [0.29, 0.717) is 0 Å². The molecule has 0 amide bonds. The predicted octanol–water partition coefficient (Wildman–Crippen LogP) is -1.69. The van der Waals surface area contributed by atoms with Gasteiger partial charge in [0.1, 0.15) is 0 Å². The van der Waals surface area contributed by atoms with Crippen molar-refractivity contribution in [3.05, 3.63) is 0 Å². The van der Waals surface area contributed by atoms with Gasteiger partial charge < -0.3 is 16.6 Å². The molecule has 0 saturated carbocycles. The summed E-state index contributed by atoms with van der Waals surface area (Å²) in [6.45, 7) is 1.39. The first-order valence-electron chi connectivity index (χ1n) is 2.74. The molecular weight excluding hydrogens is 136 g/mol. The van der Waals surface area contributed by atoms with E-state index in [4.69, 9.17) is 16.6 Å². The van der Waals surface area contributed by atoms with Crippen molar-refractivity contribution in [3.63, 3.8) is 0 Å². The number of carboxylic acid groups (broad SMARTS) is 1. The maximum atomic E-state index is 10.7. The van der Waals surface area contributed by atoms with Crippen LogP contribution in [0.1, 0.15) is 6.92 Å². The number of nitrogens with two attached hydrogens (primary N) is 2. The lowest BCUT2D eigenvalue weighted by atomic mass is 10.1. The van der Waals surface area contributed by atoms with Gasteiger partial charge in [-0.05, 0) is 6.92 Å². The molecule has 0 aliphatic heterocycles. The lowest BCUT2D eigenvalue weighted by Crippen LogP contribution is -2.46. The fourth-order valence-electron chi connectivity index (χ4n) is 0.405. The first kappa shape index (κ1) is 9.06. The smallest absolute Gasteiger partial charge is 0.328 e.